The van der Waals surface area contributed by atoms with Crippen LogP contribution in [-0.2, 0) is 0 Å². The van der Waals surface area contributed by atoms with Gasteiger partial charge in [-0.05, 0) is 30.3 Å². The summed E-state index contributed by atoms with van der Waals surface area (Å²) >= 11 is 6.16. The third-order valence-corrected chi connectivity index (χ3v) is 3.92. The van der Waals surface area contributed by atoms with Gasteiger partial charge in [0.2, 0.25) is 0 Å². The second-order valence-corrected chi connectivity index (χ2v) is 5.38. The molecule has 2 aromatic heterocycles. The number of hydrogen-bond acceptors (Lipinski definition) is 3. The van der Waals surface area contributed by atoms with E-state index in [4.69, 9.17) is 16.3 Å². The Morgan fingerprint density at radius 1 is 1.05 bits per heavy atom. The lowest BCUT2D eigenvalue weighted by Crippen LogP contribution is -1.97. The Bertz CT molecular complexity index is 994. The standard InChI is InChI=1S/C17H12ClN3O/c1-22-16-5-3-2-4-15(16)21-10-20-14-9-19-13-7-6-11(18)8-12(13)17(14)21/h2-10H,1H3. The van der Waals surface area contributed by atoms with E-state index in [9.17, 15) is 0 Å². The molecule has 2 aromatic carbocycles. The minimum atomic E-state index is 0.676. The van der Waals surface area contributed by atoms with Crippen molar-refractivity contribution in [3.8, 4) is 11.4 Å². The van der Waals surface area contributed by atoms with Crippen molar-refractivity contribution in [1.29, 1.82) is 0 Å². The summed E-state index contributed by atoms with van der Waals surface area (Å²) in [5.41, 5.74) is 3.60. The number of ether oxygens (including phenoxy) is 1. The average Bonchev–Trinajstić information content (AvgIpc) is 2.99. The van der Waals surface area contributed by atoms with E-state index in [-0.39, 0.29) is 0 Å². The van der Waals surface area contributed by atoms with E-state index < -0.39 is 0 Å². The largest absolute Gasteiger partial charge is 0.495 e. The highest BCUT2D eigenvalue weighted by Gasteiger charge is 2.12. The van der Waals surface area contributed by atoms with Crippen molar-refractivity contribution in [1.82, 2.24) is 14.5 Å². The van der Waals surface area contributed by atoms with Gasteiger partial charge < -0.3 is 4.74 Å². The number of pyridine rings is 1. The van der Waals surface area contributed by atoms with Gasteiger partial charge >= 0.3 is 0 Å². The van der Waals surface area contributed by atoms with Gasteiger partial charge in [0.1, 0.15) is 17.6 Å². The quantitative estimate of drug-likeness (QED) is 0.556. The van der Waals surface area contributed by atoms with Crippen molar-refractivity contribution < 1.29 is 4.74 Å². The molecule has 0 fully saturated rings. The van der Waals surface area contributed by atoms with Crippen LogP contribution in [0.25, 0.3) is 27.6 Å². The number of rotatable bonds is 2. The van der Waals surface area contributed by atoms with Crippen LogP contribution >= 0.6 is 11.6 Å². The summed E-state index contributed by atoms with van der Waals surface area (Å²) in [6.45, 7) is 0. The molecule has 0 aliphatic rings. The van der Waals surface area contributed by atoms with Gasteiger partial charge in [0.15, 0.2) is 0 Å². The monoisotopic (exact) mass is 309 g/mol. The van der Waals surface area contributed by atoms with Crippen LogP contribution in [0.5, 0.6) is 5.75 Å². The molecular formula is C17H12ClN3O. The summed E-state index contributed by atoms with van der Waals surface area (Å²) in [4.78, 5) is 8.89. The molecule has 108 valence electrons. The van der Waals surface area contributed by atoms with E-state index in [0.29, 0.717) is 5.02 Å². The number of aromatic nitrogens is 3. The van der Waals surface area contributed by atoms with Crippen molar-refractivity contribution in [2.24, 2.45) is 0 Å². The third kappa shape index (κ3) is 1.92. The highest BCUT2D eigenvalue weighted by molar-refractivity contribution is 6.31. The lowest BCUT2D eigenvalue weighted by atomic mass is 10.2. The number of para-hydroxylation sites is 2. The maximum atomic E-state index is 6.16. The Morgan fingerprint density at radius 2 is 1.91 bits per heavy atom. The summed E-state index contributed by atoms with van der Waals surface area (Å²) in [7, 11) is 1.66. The molecule has 22 heavy (non-hydrogen) atoms. The molecule has 0 saturated heterocycles. The highest BCUT2D eigenvalue weighted by Crippen LogP contribution is 2.30. The van der Waals surface area contributed by atoms with Gasteiger partial charge in [-0.1, -0.05) is 23.7 Å². The van der Waals surface area contributed by atoms with Crippen LogP contribution in [0.3, 0.4) is 0 Å². The Balaban J connectivity index is 2.13. The molecular weight excluding hydrogens is 298 g/mol. The number of fused-ring (bicyclic) bond motifs is 3. The van der Waals surface area contributed by atoms with Gasteiger partial charge in [-0.2, -0.15) is 0 Å². The molecule has 0 saturated carbocycles. The minimum absolute atomic E-state index is 0.676. The molecule has 5 heteroatoms. The third-order valence-electron chi connectivity index (χ3n) is 3.68. The first-order valence-corrected chi connectivity index (χ1v) is 7.20. The van der Waals surface area contributed by atoms with E-state index >= 15 is 0 Å². The van der Waals surface area contributed by atoms with E-state index in [1.165, 1.54) is 0 Å². The Hall–Kier alpha value is -2.59. The summed E-state index contributed by atoms with van der Waals surface area (Å²) in [5.74, 6) is 0.786. The van der Waals surface area contributed by atoms with Crippen molar-refractivity contribution in [3.63, 3.8) is 0 Å². The Morgan fingerprint density at radius 3 is 2.77 bits per heavy atom. The average molecular weight is 310 g/mol. The summed E-state index contributed by atoms with van der Waals surface area (Å²) in [6.07, 6.45) is 3.56. The Labute approximate surface area is 131 Å². The van der Waals surface area contributed by atoms with Gasteiger partial charge in [0.05, 0.1) is 30.0 Å². The van der Waals surface area contributed by atoms with Crippen LogP contribution < -0.4 is 4.74 Å². The summed E-state index contributed by atoms with van der Waals surface area (Å²) in [6, 6.07) is 13.5. The number of benzene rings is 2. The Kier molecular flexibility index (Phi) is 2.98. The number of nitrogens with zero attached hydrogens (tertiary/aromatic N) is 3. The number of methoxy groups -OCH3 is 1. The first-order valence-electron chi connectivity index (χ1n) is 6.82. The zero-order valence-corrected chi connectivity index (χ0v) is 12.6. The van der Waals surface area contributed by atoms with Crippen LogP contribution in [0.15, 0.2) is 55.0 Å². The van der Waals surface area contributed by atoms with Gasteiger partial charge in [0.25, 0.3) is 0 Å². The maximum Gasteiger partial charge on any atom is 0.142 e. The molecule has 4 nitrogen and oxygen atoms in total. The number of hydrogen-bond donors (Lipinski definition) is 0. The molecule has 4 aromatic rings. The van der Waals surface area contributed by atoms with Gasteiger partial charge in [-0.3, -0.25) is 9.55 Å². The second kappa shape index (κ2) is 5.00. The molecule has 0 aliphatic heterocycles. The molecule has 2 heterocycles. The fraction of sp³-hybridized carbons (Fsp3) is 0.0588. The van der Waals surface area contributed by atoms with Crippen LogP contribution in [0.1, 0.15) is 0 Å². The summed E-state index contributed by atoms with van der Waals surface area (Å²) < 4.78 is 7.47. The molecule has 0 unspecified atom stereocenters. The molecule has 0 spiro atoms. The minimum Gasteiger partial charge on any atom is -0.495 e. The van der Waals surface area contributed by atoms with E-state index in [1.54, 1.807) is 19.6 Å². The maximum absolute atomic E-state index is 6.16. The molecule has 0 bridgehead atoms. The zero-order valence-electron chi connectivity index (χ0n) is 11.8. The van der Waals surface area contributed by atoms with E-state index in [0.717, 1.165) is 33.4 Å². The van der Waals surface area contributed by atoms with E-state index in [2.05, 4.69) is 9.97 Å². The zero-order chi connectivity index (χ0) is 15.1. The van der Waals surface area contributed by atoms with E-state index in [1.807, 2.05) is 47.0 Å². The lowest BCUT2D eigenvalue weighted by molar-refractivity contribution is 0.413. The molecule has 0 amide bonds. The topological polar surface area (TPSA) is 39.9 Å². The van der Waals surface area contributed by atoms with Crippen molar-refractivity contribution >= 4 is 33.5 Å². The van der Waals surface area contributed by atoms with Crippen molar-refractivity contribution in [3.05, 3.63) is 60.0 Å². The molecule has 4 rings (SSSR count). The lowest BCUT2D eigenvalue weighted by Gasteiger charge is -2.11. The molecule has 0 aliphatic carbocycles. The number of halogens is 1. The number of imidazole rings is 1. The smallest absolute Gasteiger partial charge is 0.142 e. The first-order chi connectivity index (χ1) is 10.8. The van der Waals surface area contributed by atoms with Crippen molar-refractivity contribution in [2.75, 3.05) is 7.11 Å². The fourth-order valence-electron chi connectivity index (χ4n) is 2.68. The van der Waals surface area contributed by atoms with Crippen LogP contribution in [-0.4, -0.2) is 21.6 Å². The normalized spacial score (nSPS) is 11.2. The predicted molar refractivity (Wildman–Crippen MR) is 87.9 cm³/mol. The highest BCUT2D eigenvalue weighted by atomic mass is 35.5. The van der Waals surface area contributed by atoms with Crippen LogP contribution in [0.4, 0.5) is 0 Å². The second-order valence-electron chi connectivity index (χ2n) is 4.94. The van der Waals surface area contributed by atoms with Gasteiger partial charge in [-0.15, -0.1) is 0 Å². The van der Waals surface area contributed by atoms with Crippen molar-refractivity contribution in [2.45, 2.75) is 0 Å². The van der Waals surface area contributed by atoms with Gasteiger partial charge in [-0.25, -0.2) is 4.98 Å². The van der Waals surface area contributed by atoms with Gasteiger partial charge in [0, 0.05) is 10.4 Å². The van der Waals surface area contributed by atoms with Crippen LogP contribution in [0, 0.1) is 0 Å². The fourth-order valence-corrected chi connectivity index (χ4v) is 2.85. The molecule has 0 radical (unpaired) electrons. The molecule has 0 N–H and O–H groups in total. The van der Waals surface area contributed by atoms with Crippen LogP contribution in [0.2, 0.25) is 5.02 Å². The predicted octanol–water partition coefficient (Wildman–Crippen LogP) is 4.24. The first kappa shape index (κ1) is 13.1. The SMILES string of the molecule is COc1ccccc1-n1cnc2cnc3ccc(Cl)cc3c21. The molecule has 0 atom stereocenters. The summed E-state index contributed by atoms with van der Waals surface area (Å²) in [5, 5.41) is 1.64.